The first-order valence-corrected chi connectivity index (χ1v) is 8.54. The third-order valence-corrected chi connectivity index (χ3v) is 4.55. The molecule has 0 radical (unpaired) electrons. The zero-order chi connectivity index (χ0) is 16.1. The second kappa shape index (κ2) is 8.99. The lowest BCUT2D eigenvalue weighted by Gasteiger charge is -2.09. The molecule has 2 N–H and O–H groups in total. The van der Waals surface area contributed by atoms with Crippen molar-refractivity contribution in [3.63, 3.8) is 0 Å². The number of aryl methyl sites for hydroxylation is 4. The van der Waals surface area contributed by atoms with E-state index in [9.17, 15) is 0 Å². The summed E-state index contributed by atoms with van der Waals surface area (Å²) in [4.78, 5) is 4.67. The van der Waals surface area contributed by atoms with Crippen LogP contribution in [-0.4, -0.2) is 10.3 Å². The number of amidine groups is 1. The van der Waals surface area contributed by atoms with E-state index in [1.165, 1.54) is 22.9 Å². The van der Waals surface area contributed by atoms with E-state index in [0.29, 0.717) is 5.17 Å². The standard InChI is InChI=1S/C17H23N3OS.ClH/c1-5-13-8-7-9-14(6-2)16(13)19-17(18)22-10-15-11(3)20-21-12(15)4;/h7-9H,5-6,10H2,1-4H3,(H2,18,19);1H. The fourth-order valence-electron chi connectivity index (χ4n) is 2.36. The van der Waals surface area contributed by atoms with E-state index in [0.717, 1.165) is 41.3 Å². The van der Waals surface area contributed by atoms with Crippen molar-refractivity contribution in [3.8, 4) is 0 Å². The van der Waals surface area contributed by atoms with Crippen LogP contribution in [0.25, 0.3) is 0 Å². The molecule has 0 aliphatic heterocycles. The number of hydrogen-bond acceptors (Lipinski definition) is 4. The summed E-state index contributed by atoms with van der Waals surface area (Å²) in [6.07, 6.45) is 1.91. The molecule has 0 aliphatic rings. The molecule has 2 aromatic rings. The third kappa shape index (κ3) is 4.75. The van der Waals surface area contributed by atoms with Gasteiger partial charge in [0.25, 0.3) is 0 Å². The molecule has 0 unspecified atom stereocenters. The van der Waals surface area contributed by atoms with Gasteiger partial charge in [-0.15, -0.1) is 12.4 Å². The van der Waals surface area contributed by atoms with Crippen molar-refractivity contribution in [3.05, 3.63) is 46.3 Å². The normalized spacial score (nSPS) is 11.4. The van der Waals surface area contributed by atoms with Gasteiger partial charge >= 0.3 is 0 Å². The Kier molecular flexibility index (Phi) is 7.65. The van der Waals surface area contributed by atoms with Gasteiger partial charge in [-0.1, -0.05) is 49.0 Å². The number of para-hydroxylation sites is 1. The Bertz CT molecular complexity index is 641. The molecule has 0 fully saturated rings. The first-order chi connectivity index (χ1) is 10.6. The molecule has 1 heterocycles. The van der Waals surface area contributed by atoms with Gasteiger partial charge in [0.05, 0.1) is 11.4 Å². The summed E-state index contributed by atoms with van der Waals surface area (Å²) >= 11 is 1.52. The van der Waals surface area contributed by atoms with Gasteiger partial charge in [-0.05, 0) is 37.8 Å². The summed E-state index contributed by atoms with van der Waals surface area (Å²) in [6, 6.07) is 6.32. The third-order valence-electron chi connectivity index (χ3n) is 3.73. The average Bonchev–Trinajstić information content (AvgIpc) is 2.84. The molecule has 6 heteroatoms. The molecule has 0 saturated carbocycles. The Hall–Kier alpha value is -1.46. The monoisotopic (exact) mass is 353 g/mol. The van der Waals surface area contributed by atoms with Crippen LogP contribution < -0.4 is 5.73 Å². The molecule has 1 aromatic carbocycles. The number of hydrogen-bond donors (Lipinski definition) is 1. The molecule has 0 saturated heterocycles. The zero-order valence-corrected chi connectivity index (χ0v) is 15.7. The minimum atomic E-state index is 0. The molecule has 0 aliphatic carbocycles. The molecule has 0 spiro atoms. The van der Waals surface area contributed by atoms with Crippen molar-refractivity contribution in [1.29, 1.82) is 0 Å². The highest BCUT2D eigenvalue weighted by Crippen LogP contribution is 2.27. The molecule has 2 rings (SSSR count). The van der Waals surface area contributed by atoms with Crippen LogP contribution in [0.2, 0.25) is 0 Å². The van der Waals surface area contributed by atoms with Gasteiger partial charge in [-0.25, -0.2) is 4.99 Å². The predicted octanol–water partition coefficient (Wildman–Crippen LogP) is 4.72. The number of rotatable bonds is 5. The highest BCUT2D eigenvalue weighted by atomic mass is 35.5. The number of aliphatic imine (C=N–C) groups is 1. The van der Waals surface area contributed by atoms with Gasteiger partial charge in [0.2, 0.25) is 0 Å². The van der Waals surface area contributed by atoms with Crippen LogP contribution in [0.3, 0.4) is 0 Å². The van der Waals surface area contributed by atoms with E-state index in [4.69, 9.17) is 10.3 Å². The second-order valence-electron chi connectivity index (χ2n) is 5.17. The number of halogens is 1. The lowest BCUT2D eigenvalue weighted by Crippen LogP contribution is -2.07. The maximum atomic E-state index is 6.13. The summed E-state index contributed by atoms with van der Waals surface area (Å²) in [5.74, 6) is 1.58. The van der Waals surface area contributed by atoms with Gasteiger partial charge in [0.15, 0.2) is 5.17 Å². The number of nitrogens with zero attached hydrogens (tertiary/aromatic N) is 2. The summed E-state index contributed by atoms with van der Waals surface area (Å²) in [7, 11) is 0. The van der Waals surface area contributed by atoms with E-state index in [2.05, 4.69) is 42.2 Å². The van der Waals surface area contributed by atoms with Crippen LogP contribution in [0, 0.1) is 13.8 Å². The lowest BCUT2D eigenvalue weighted by molar-refractivity contribution is 0.392. The summed E-state index contributed by atoms with van der Waals surface area (Å²) in [5.41, 5.74) is 11.6. The molecule has 0 bridgehead atoms. The second-order valence-corrected chi connectivity index (χ2v) is 6.17. The van der Waals surface area contributed by atoms with Gasteiger partial charge < -0.3 is 10.3 Å². The minimum Gasteiger partial charge on any atom is -0.378 e. The van der Waals surface area contributed by atoms with Gasteiger partial charge in [0, 0.05) is 11.3 Å². The van der Waals surface area contributed by atoms with Crippen LogP contribution in [-0.2, 0) is 18.6 Å². The number of aromatic nitrogens is 1. The quantitative estimate of drug-likeness (QED) is 0.624. The van der Waals surface area contributed by atoms with Crippen molar-refractivity contribution >= 4 is 35.0 Å². The zero-order valence-electron chi connectivity index (χ0n) is 14.0. The van der Waals surface area contributed by atoms with Gasteiger partial charge in [0.1, 0.15) is 5.76 Å². The molecule has 126 valence electrons. The topological polar surface area (TPSA) is 64.4 Å². The lowest BCUT2D eigenvalue weighted by atomic mass is 10.0. The van der Waals surface area contributed by atoms with Crippen molar-refractivity contribution in [2.24, 2.45) is 10.7 Å². The van der Waals surface area contributed by atoms with Gasteiger partial charge in [-0.3, -0.25) is 0 Å². The predicted molar refractivity (Wildman–Crippen MR) is 101 cm³/mol. The van der Waals surface area contributed by atoms with Crippen LogP contribution >= 0.6 is 24.2 Å². The SMILES string of the molecule is CCc1cccc(CC)c1N=C(N)SCc1c(C)noc1C.Cl. The van der Waals surface area contributed by atoms with E-state index in [1.54, 1.807) is 0 Å². The maximum Gasteiger partial charge on any atom is 0.159 e. The van der Waals surface area contributed by atoms with Gasteiger partial charge in [-0.2, -0.15) is 0 Å². The minimum absolute atomic E-state index is 0. The van der Waals surface area contributed by atoms with E-state index in [1.807, 2.05) is 13.8 Å². The summed E-state index contributed by atoms with van der Waals surface area (Å²) in [5, 5.41) is 4.54. The Morgan fingerprint density at radius 3 is 2.30 bits per heavy atom. The average molecular weight is 354 g/mol. The van der Waals surface area contributed by atoms with Crippen molar-refractivity contribution < 1.29 is 4.52 Å². The van der Waals surface area contributed by atoms with Crippen LogP contribution in [0.5, 0.6) is 0 Å². The Balaban J connectivity index is 0.00000264. The Labute approximate surface area is 148 Å². The van der Waals surface area contributed by atoms with E-state index in [-0.39, 0.29) is 12.4 Å². The number of nitrogens with two attached hydrogens (primary N) is 1. The van der Waals surface area contributed by atoms with Crippen molar-refractivity contribution in [1.82, 2.24) is 5.16 Å². The molecule has 23 heavy (non-hydrogen) atoms. The van der Waals surface area contributed by atoms with E-state index < -0.39 is 0 Å². The van der Waals surface area contributed by atoms with E-state index >= 15 is 0 Å². The maximum absolute atomic E-state index is 6.13. The number of benzene rings is 1. The molecular weight excluding hydrogens is 330 g/mol. The first kappa shape index (κ1) is 19.6. The highest BCUT2D eigenvalue weighted by Gasteiger charge is 2.11. The Morgan fingerprint density at radius 1 is 1.22 bits per heavy atom. The van der Waals surface area contributed by atoms with Crippen LogP contribution in [0.1, 0.15) is 42.0 Å². The van der Waals surface area contributed by atoms with Crippen molar-refractivity contribution in [2.75, 3.05) is 0 Å². The van der Waals surface area contributed by atoms with Crippen LogP contribution in [0.15, 0.2) is 27.7 Å². The molecule has 4 nitrogen and oxygen atoms in total. The Morgan fingerprint density at radius 2 is 1.83 bits per heavy atom. The first-order valence-electron chi connectivity index (χ1n) is 7.56. The summed E-state index contributed by atoms with van der Waals surface area (Å²) in [6.45, 7) is 8.15. The molecule has 0 amide bonds. The largest absolute Gasteiger partial charge is 0.378 e. The fraction of sp³-hybridized carbons (Fsp3) is 0.412. The molecule has 0 atom stereocenters. The smallest absolute Gasteiger partial charge is 0.159 e. The van der Waals surface area contributed by atoms with Crippen molar-refractivity contribution in [2.45, 2.75) is 46.3 Å². The van der Waals surface area contributed by atoms with Crippen LogP contribution in [0.4, 0.5) is 5.69 Å². The molecule has 1 aromatic heterocycles. The number of thioether (sulfide) groups is 1. The highest BCUT2D eigenvalue weighted by molar-refractivity contribution is 8.13. The molecular formula is C17H24ClN3OS. The summed E-state index contributed by atoms with van der Waals surface area (Å²) < 4.78 is 5.17. The fourth-order valence-corrected chi connectivity index (χ4v) is 3.22.